The smallest absolute Gasteiger partial charge is 0.321 e. The predicted molar refractivity (Wildman–Crippen MR) is 144 cm³/mol. The summed E-state index contributed by atoms with van der Waals surface area (Å²) in [4.78, 5) is 49.7. The lowest BCUT2D eigenvalue weighted by Gasteiger charge is -2.29. The molecule has 0 fully saturated rings. The van der Waals surface area contributed by atoms with E-state index in [0.717, 1.165) is 0 Å². The van der Waals surface area contributed by atoms with Crippen LogP contribution in [0.2, 0.25) is 0 Å². The predicted octanol–water partition coefficient (Wildman–Crippen LogP) is 5.09. The molecule has 0 aliphatic heterocycles. The van der Waals surface area contributed by atoms with Crippen LogP contribution in [0, 0.1) is 22.7 Å². The highest BCUT2D eigenvalue weighted by Crippen LogP contribution is 2.38. The zero-order valence-electron chi connectivity index (χ0n) is 24.3. The van der Waals surface area contributed by atoms with Crippen LogP contribution in [0.3, 0.4) is 0 Å². The molecule has 0 radical (unpaired) electrons. The number of carbonyl (C=O) groups excluding carboxylic acids is 3. The molecule has 3 atom stereocenters. The number of ether oxygens (including phenoxy) is 3. The molecule has 0 aliphatic carbocycles. The van der Waals surface area contributed by atoms with Crippen molar-refractivity contribution < 1.29 is 38.5 Å². The third kappa shape index (κ3) is 9.11. The Kier molecular flexibility index (Phi) is 12.0. The number of aliphatic carboxylic acids is 1. The van der Waals surface area contributed by atoms with Crippen molar-refractivity contribution in [1.82, 2.24) is 0 Å². The fourth-order valence-electron chi connectivity index (χ4n) is 3.42. The lowest BCUT2D eigenvalue weighted by molar-refractivity contribution is -0.147. The van der Waals surface area contributed by atoms with Gasteiger partial charge in [-0.2, -0.15) is 0 Å². The van der Waals surface area contributed by atoms with Crippen LogP contribution in [-0.2, 0) is 23.9 Å². The van der Waals surface area contributed by atoms with Gasteiger partial charge in [-0.1, -0.05) is 40.7 Å². The number of hydrogen-bond donors (Lipinski definition) is 2. The first-order valence-corrected chi connectivity index (χ1v) is 13.2. The summed E-state index contributed by atoms with van der Waals surface area (Å²) in [5.41, 5.74) is 4.94. The van der Waals surface area contributed by atoms with Crippen LogP contribution >= 0.6 is 0 Å². The van der Waals surface area contributed by atoms with Crippen LogP contribution in [0.15, 0.2) is 18.2 Å². The Morgan fingerprint density at radius 2 is 1.39 bits per heavy atom. The molecule has 0 saturated carbocycles. The highest BCUT2D eigenvalue weighted by Gasteiger charge is 2.35. The van der Waals surface area contributed by atoms with E-state index in [4.69, 9.17) is 19.9 Å². The van der Waals surface area contributed by atoms with Gasteiger partial charge in [-0.25, -0.2) is 0 Å². The van der Waals surface area contributed by atoms with E-state index in [0.29, 0.717) is 18.4 Å². The second kappa shape index (κ2) is 13.7. The third-order valence-corrected chi connectivity index (χ3v) is 7.00. The summed E-state index contributed by atoms with van der Waals surface area (Å²) in [5.74, 6) is -3.78. The maximum absolute atomic E-state index is 12.9. The Labute approximate surface area is 226 Å². The molecule has 1 rings (SSSR count). The van der Waals surface area contributed by atoms with E-state index in [1.54, 1.807) is 40.7 Å². The maximum atomic E-state index is 12.9. The average Bonchev–Trinajstić information content (AvgIpc) is 2.83. The lowest BCUT2D eigenvalue weighted by Crippen LogP contribution is -2.40. The van der Waals surface area contributed by atoms with Crippen molar-refractivity contribution in [3.63, 3.8) is 0 Å². The van der Waals surface area contributed by atoms with Gasteiger partial charge in [0, 0.05) is 12.3 Å². The van der Waals surface area contributed by atoms with Crippen molar-refractivity contribution in [2.45, 2.75) is 93.5 Å². The van der Waals surface area contributed by atoms with Crippen molar-refractivity contribution in [3.8, 4) is 11.5 Å². The number of nitrogens with two attached hydrogens (primary N) is 1. The van der Waals surface area contributed by atoms with E-state index in [2.05, 4.69) is 0 Å². The summed E-state index contributed by atoms with van der Waals surface area (Å²) in [6.45, 7) is 16.2. The van der Waals surface area contributed by atoms with E-state index in [1.165, 1.54) is 12.1 Å². The van der Waals surface area contributed by atoms with Gasteiger partial charge in [0.1, 0.15) is 6.04 Å². The van der Waals surface area contributed by atoms with Crippen molar-refractivity contribution in [1.29, 1.82) is 0 Å². The molecule has 2 unspecified atom stereocenters. The second-order valence-corrected chi connectivity index (χ2v) is 11.6. The number of carboxylic acid groups (broad SMARTS) is 1. The first-order chi connectivity index (χ1) is 17.5. The first kappa shape index (κ1) is 33.1. The van der Waals surface area contributed by atoms with Crippen molar-refractivity contribution in [2.75, 3.05) is 6.61 Å². The number of carboxylic acids is 1. The van der Waals surface area contributed by atoms with Crippen LogP contribution in [-0.4, -0.2) is 41.6 Å². The molecule has 0 aliphatic rings. The number of carbonyl (C=O) groups is 4. The molecular formula is C29H45NO8. The monoisotopic (exact) mass is 535 g/mol. The molecule has 0 spiro atoms. The van der Waals surface area contributed by atoms with Gasteiger partial charge < -0.3 is 25.1 Å². The molecule has 9 nitrogen and oxygen atoms in total. The van der Waals surface area contributed by atoms with Crippen molar-refractivity contribution in [2.24, 2.45) is 28.4 Å². The van der Waals surface area contributed by atoms with E-state index < -0.39 is 46.6 Å². The zero-order chi connectivity index (χ0) is 29.4. The highest BCUT2D eigenvalue weighted by molar-refractivity contribution is 5.82. The molecule has 1 aromatic rings. The second-order valence-electron chi connectivity index (χ2n) is 11.6. The summed E-state index contributed by atoms with van der Waals surface area (Å²) in [6, 6.07) is 3.20. The van der Waals surface area contributed by atoms with Gasteiger partial charge in [-0.3, -0.25) is 19.2 Å². The van der Waals surface area contributed by atoms with Crippen LogP contribution in [0.4, 0.5) is 0 Å². The van der Waals surface area contributed by atoms with Gasteiger partial charge in [0.25, 0.3) is 0 Å². The lowest BCUT2D eigenvalue weighted by atomic mass is 9.82. The van der Waals surface area contributed by atoms with Crippen LogP contribution in [0.1, 0.15) is 93.1 Å². The largest absolute Gasteiger partial charge is 0.480 e. The number of hydrogen-bond acceptors (Lipinski definition) is 8. The molecule has 0 heterocycles. The normalized spacial score (nSPS) is 14.4. The van der Waals surface area contributed by atoms with Crippen molar-refractivity contribution in [3.05, 3.63) is 23.8 Å². The molecule has 0 saturated heterocycles. The zero-order valence-corrected chi connectivity index (χ0v) is 24.3. The quantitative estimate of drug-likeness (QED) is 0.246. The Bertz CT molecular complexity index is 998. The molecule has 38 heavy (non-hydrogen) atoms. The van der Waals surface area contributed by atoms with Gasteiger partial charge in [0.15, 0.2) is 11.5 Å². The molecular weight excluding hydrogens is 490 g/mol. The first-order valence-electron chi connectivity index (χ1n) is 13.2. The molecule has 1 aromatic carbocycles. The third-order valence-electron chi connectivity index (χ3n) is 7.00. The van der Waals surface area contributed by atoms with Gasteiger partial charge in [0.05, 0.1) is 17.4 Å². The molecule has 9 heteroatoms. The minimum absolute atomic E-state index is 0.0131. The minimum Gasteiger partial charge on any atom is -0.480 e. The summed E-state index contributed by atoms with van der Waals surface area (Å²) >= 11 is 0. The van der Waals surface area contributed by atoms with E-state index in [9.17, 15) is 24.3 Å². The Morgan fingerprint density at radius 1 is 0.895 bits per heavy atom. The van der Waals surface area contributed by atoms with Crippen LogP contribution < -0.4 is 15.2 Å². The highest BCUT2D eigenvalue weighted by atomic mass is 16.6. The fraction of sp³-hybridized carbons (Fsp3) is 0.655. The molecule has 0 bridgehead atoms. The summed E-state index contributed by atoms with van der Waals surface area (Å²) in [5, 5.41) is 9.72. The number of esters is 3. The Hall–Kier alpha value is -2.94. The molecule has 0 amide bonds. The Balaban J connectivity index is 3.50. The van der Waals surface area contributed by atoms with E-state index in [-0.39, 0.29) is 36.4 Å². The van der Waals surface area contributed by atoms with Crippen LogP contribution in [0.5, 0.6) is 11.5 Å². The Morgan fingerprint density at radius 3 is 1.84 bits per heavy atom. The number of rotatable bonds is 14. The van der Waals surface area contributed by atoms with E-state index in [1.807, 2.05) is 27.7 Å². The van der Waals surface area contributed by atoms with Gasteiger partial charge in [-0.05, 0) is 70.1 Å². The standard InChI is InChI=1S/C29H45NO8/c1-10-28(6,7)26(34)37-20-13-12-19(15-21(20)38-27(35)29(8,9)11-2)23(24(30)25(32)33)18(5)16-36-22(31)14-17(3)4/h12-13,15,17-18,23-24H,10-11,14,16,30H2,1-9H3,(H,32,33)/t18?,23?,24-/m0/s1. The summed E-state index contributed by atoms with van der Waals surface area (Å²) in [7, 11) is 0. The van der Waals surface area contributed by atoms with Gasteiger partial charge in [-0.15, -0.1) is 0 Å². The van der Waals surface area contributed by atoms with Crippen LogP contribution in [0.25, 0.3) is 0 Å². The number of benzene rings is 1. The average molecular weight is 536 g/mol. The topological polar surface area (TPSA) is 142 Å². The minimum atomic E-state index is -1.34. The molecule has 3 N–H and O–H groups in total. The van der Waals surface area contributed by atoms with E-state index >= 15 is 0 Å². The summed E-state index contributed by atoms with van der Waals surface area (Å²) in [6.07, 6.45) is 1.28. The van der Waals surface area contributed by atoms with Crippen molar-refractivity contribution >= 4 is 23.9 Å². The molecule has 0 aromatic heterocycles. The van der Waals surface area contributed by atoms with Gasteiger partial charge in [0.2, 0.25) is 0 Å². The fourth-order valence-corrected chi connectivity index (χ4v) is 3.42. The molecule has 214 valence electrons. The maximum Gasteiger partial charge on any atom is 0.321 e. The SMILES string of the molecule is CCC(C)(C)C(=O)Oc1ccc(C(C(C)COC(=O)CC(C)C)[C@H](N)C(=O)O)cc1OC(=O)C(C)(C)CC. The summed E-state index contributed by atoms with van der Waals surface area (Å²) < 4.78 is 16.7. The van der Waals surface area contributed by atoms with Gasteiger partial charge >= 0.3 is 23.9 Å².